The van der Waals surface area contributed by atoms with Crippen molar-refractivity contribution in [1.29, 1.82) is 0 Å². The topological polar surface area (TPSA) is 58.6 Å². The van der Waals surface area contributed by atoms with Crippen molar-refractivity contribution in [3.05, 3.63) is 29.3 Å². The second kappa shape index (κ2) is 6.56. The van der Waals surface area contributed by atoms with Crippen molar-refractivity contribution in [2.75, 3.05) is 13.2 Å². The lowest BCUT2D eigenvalue weighted by atomic mass is 9.53. The smallest absolute Gasteiger partial charge is 0.309 e. The Hall–Kier alpha value is -1.55. The number of carboxylic acid groups (broad SMARTS) is 1. The van der Waals surface area contributed by atoms with Gasteiger partial charge in [0.25, 0.3) is 0 Å². The molecule has 4 heteroatoms. The summed E-state index contributed by atoms with van der Waals surface area (Å²) in [5.74, 6) is 0.899. The number of rotatable bonds is 5. The maximum absolute atomic E-state index is 11.3. The van der Waals surface area contributed by atoms with Crippen LogP contribution in [0.2, 0.25) is 0 Å². The zero-order chi connectivity index (χ0) is 18.4. The van der Waals surface area contributed by atoms with E-state index in [0.717, 1.165) is 24.6 Å². The van der Waals surface area contributed by atoms with E-state index in [9.17, 15) is 9.90 Å². The Bertz CT molecular complexity index is 695. The van der Waals surface area contributed by atoms with Gasteiger partial charge in [0.2, 0.25) is 0 Å². The largest absolute Gasteiger partial charge is 0.494 e. The summed E-state index contributed by atoms with van der Waals surface area (Å²) in [5, 5.41) is 13.0. The summed E-state index contributed by atoms with van der Waals surface area (Å²) in [4.78, 5) is 11.3. The van der Waals surface area contributed by atoms with Crippen molar-refractivity contribution in [2.45, 2.75) is 70.3 Å². The van der Waals surface area contributed by atoms with E-state index in [2.05, 4.69) is 23.5 Å². The number of hydrogen-bond donors (Lipinski definition) is 2. The molecule has 2 fully saturated rings. The zero-order valence-electron chi connectivity index (χ0n) is 16.0. The molecule has 1 aromatic carbocycles. The van der Waals surface area contributed by atoms with E-state index in [-0.39, 0.29) is 0 Å². The Labute approximate surface area is 156 Å². The van der Waals surface area contributed by atoms with Crippen LogP contribution in [0.5, 0.6) is 5.75 Å². The van der Waals surface area contributed by atoms with Gasteiger partial charge in [-0.2, -0.15) is 0 Å². The van der Waals surface area contributed by atoms with Gasteiger partial charge in [0.1, 0.15) is 5.75 Å². The van der Waals surface area contributed by atoms with Gasteiger partial charge in [0.05, 0.1) is 12.0 Å². The number of benzene rings is 1. The molecule has 0 aromatic heterocycles. The number of hydrogen-bond acceptors (Lipinski definition) is 3. The SMILES string of the molecule is CC(C)(CCOc1ccc2c(c1)[C@@]13CCCC[C@H]1[C@@H](C2)NCC3)C(=O)O. The predicted octanol–water partition coefficient (Wildman–Crippen LogP) is 3.91. The van der Waals surface area contributed by atoms with Crippen LogP contribution in [0.3, 0.4) is 0 Å². The summed E-state index contributed by atoms with van der Waals surface area (Å²) in [6.45, 7) is 5.08. The molecule has 2 N–H and O–H groups in total. The standard InChI is InChI=1S/C22H31NO3/c1-21(2,20(24)25)10-12-26-16-7-6-15-13-19-17-5-3-4-8-22(17,9-11-23-19)18(15)14-16/h6-7,14,17,19,23H,3-5,8-13H2,1-2H3,(H,24,25)/t17-,19+,22+/m0/s1. The molecular formula is C22H31NO3. The van der Waals surface area contributed by atoms with Gasteiger partial charge in [0.15, 0.2) is 0 Å². The predicted molar refractivity (Wildman–Crippen MR) is 102 cm³/mol. The molecule has 26 heavy (non-hydrogen) atoms. The lowest BCUT2D eigenvalue weighted by Crippen LogP contribution is -2.59. The van der Waals surface area contributed by atoms with Crippen LogP contribution in [0.15, 0.2) is 18.2 Å². The fraction of sp³-hybridized carbons (Fsp3) is 0.682. The van der Waals surface area contributed by atoms with Crippen LogP contribution in [0, 0.1) is 11.3 Å². The van der Waals surface area contributed by atoms with Crippen LogP contribution >= 0.6 is 0 Å². The molecule has 0 radical (unpaired) electrons. The molecule has 3 atom stereocenters. The number of piperidine rings is 1. The normalized spacial score (nSPS) is 30.2. The Morgan fingerprint density at radius 2 is 2.19 bits per heavy atom. The molecule has 1 heterocycles. The number of ether oxygens (including phenoxy) is 1. The van der Waals surface area contributed by atoms with Gasteiger partial charge in [-0.25, -0.2) is 0 Å². The van der Waals surface area contributed by atoms with E-state index in [4.69, 9.17) is 4.74 Å². The van der Waals surface area contributed by atoms with E-state index < -0.39 is 11.4 Å². The Balaban J connectivity index is 1.56. The lowest BCUT2D eigenvalue weighted by Gasteiger charge is -2.56. The maximum atomic E-state index is 11.3. The van der Waals surface area contributed by atoms with Gasteiger partial charge in [-0.3, -0.25) is 4.79 Å². The summed E-state index contributed by atoms with van der Waals surface area (Å²) in [7, 11) is 0. The molecule has 0 spiro atoms. The van der Waals surface area contributed by atoms with Crippen molar-refractivity contribution < 1.29 is 14.6 Å². The molecule has 142 valence electrons. The Morgan fingerprint density at radius 1 is 1.35 bits per heavy atom. The minimum absolute atomic E-state index is 0.335. The zero-order valence-corrected chi connectivity index (χ0v) is 16.0. The highest BCUT2D eigenvalue weighted by Crippen LogP contribution is 2.54. The van der Waals surface area contributed by atoms with E-state index in [1.165, 1.54) is 43.2 Å². The van der Waals surface area contributed by atoms with E-state index >= 15 is 0 Å². The Kier molecular flexibility index (Phi) is 4.50. The van der Waals surface area contributed by atoms with Crippen molar-refractivity contribution >= 4 is 5.97 Å². The second-order valence-electron chi connectivity index (χ2n) is 9.13. The fourth-order valence-corrected chi connectivity index (χ4v) is 5.52. The number of nitrogens with one attached hydrogen (secondary N) is 1. The first kappa shape index (κ1) is 17.8. The molecule has 2 bridgehead atoms. The molecule has 0 unspecified atom stereocenters. The molecule has 1 saturated carbocycles. The van der Waals surface area contributed by atoms with Crippen LogP contribution in [0.1, 0.15) is 63.5 Å². The number of aliphatic carboxylic acids is 1. The van der Waals surface area contributed by atoms with Crippen LogP contribution in [0.4, 0.5) is 0 Å². The summed E-state index contributed by atoms with van der Waals surface area (Å²) in [5.41, 5.74) is 2.60. The number of carboxylic acids is 1. The van der Waals surface area contributed by atoms with Crippen LogP contribution in [-0.2, 0) is 16.6 Å². The first-order valence-electron chi connectivity index (χ1n) is 10.2. The van der Waals surface area contributed by atoms with Gasteiger partial charge >= 0.3 is 5.97 Å². The molecule has 1 aliphatic heterocycles. The lowest BCUT2D eigenvalue weighted by molar-refractivity contribution is -0.147. The van der Waals surface area contributed by atoms with Crippen molar-refractivity contribution in [1.82, 2.24) is 5.32 Å². The highest BCUT2D eigenvalue weighted by molar-refractivity contribution is 5.73. The average molecular weight is 357 g/mol. The van der Waals surface area contributed by atoms with Gasteiger partial charge < -0.3 is 15.2 Å². The van der Waals surface area contributed by atoms with Gasteiger partial charge in [-0.05, 0) is 81.7 Å². The van der Waals surface area contributed by atoms with Crippen molar-refractivity contribution in [2.24, 2.45) is 11.3 Å². The molecule has 4 rings (SSSR count). The van der Waals surface area contributed by atoms with Gasteiger partial charge in [-0.15, -0.1) is 0 Å². The summed E-state index contributed by atoms with van der Waals surface area (Å²) in [6.07, 6.45) is 8.22. The van der Waals surface area contributed by atoms with Crippen LogP contribution in [-0.4, -0.2) is 30.3 Å². The van der Waals surface area contributed by atoms with E-state index in [1.54, 1.807) is 13.8 Å². The molecule has 4 nitrogen and oxygen atoms in total. The Morgan fingerprint density at radius 3 is 3.00 bits per heavy atom. The van der Waals surface area contributed by atoms with Gasteiger partial charge in [0, 0.05) is 11.5 Å². The third-order valence-corrected chi connectivity index (χ3v) is 7.19. The second-order valence-corrected chi connectivity index (χ2v) is 9.13. The number of fused-ring (bicyclic) bond motifs is 1. The van der Waals surface area contributed by atoms with Crippen molar-refractivity contribution in [3.8, 4) is 5.75 Å². The minimum Gasteiger partial charge on any atom is -0.494 e. The molecule has 2 aliphatic carbocycles. The summed E-state index contributed by atoms with van der Waals surface area (Å²) in [6, 6.07) is 7.24. The molecule has 1 aromatic rings. The summed E-state index contributed by atoms with van der Waals surface area (Å²) >= 11 is 0. The fourth-order valence-electron chi connectivity index (χ4n) is 5.52. The molecule has 1 saturated heterocycles. The third-order valence-electron chi connectivity index (χ3n) is 7.19. The molecule has 3 aliphatic rings. The first-order valence-corrected chi connectivity index (χ1v) is 10.2. The van der Waals surface area contributed by atoms with Crippen LogP contribution in [0.25, 0.3) is 0 Å². The quantitative estimate of drug-likeness (QED) is 0.839. The number of carbonyl (C=O) groups is 1. The van der Waals surface area contributed by atoms with Crippen LogP contribution < -0.4 is 10.1 Å². The molecular weight excluding hydrogens is 326 g/mol. The monoisotopic (exact) mass is 357 g/mol. The van der Waals surface area contributed by atoms with Gasteiger partial charge in [-0.1, -0.05) is 18.9 Å². The highest BCUT2D eigenvalue weighted by Gasteiger charge is 2.51. The summed E-state index contributed by atoms with van der Waals surface area (Å²) < 4.78 is 5.99. The highest BCUT2D eigenvalue weighted by atomic mass is 16.5. The van der Waals surface area contributed by atoms with E-state index in [0.29, 0.717) is 24.5 Å². The van der Waals surface area contributed by atoms with E-state index in [1.807, 2.05) is 0 Å². The first-order chi connectivity index (χ1) is 12.4. The van der Waals surface area contributed by atoms with Crippen molar-refractivity contribution in [3.63, 3.8) is 0 Å². The minimum atomic E-state index is -0.767. The maximum Gasteiger partial charge on any atom is 0.309 e. The third kappa shape index (κ3) is 2.92. The average Bonchev–Trinajstić information content (AvgIpc) is 2.62. The molecule has 0 amide bonds.